The Balaban J connectivity index is 2.16. The standard InChI is InChI=1S/C6H12N2/c1-3-7-6-5(2)4-8-6/h3,5-8H,1,4H2,2H3/t5-,6?/m0/s1. The minimum atomic E-state index is 0.479. The largest absolute Gasteiger partial charge is 0.376 e. The van der Waals surface area contributed by atoms with Crippen LogP contribution < -0.4 is 10.6 Å². The molecule has 2 atom stereocenters. The normalized spacial score (nSPS) is 35.6. The van der Waals surface area contributed by atoms with Gasteiger partial charge in [0.05, 0.1) is 6.17 Å². The fraction of sp³-hybridized carbons (Fsp3) is 0.667. The second-order valence-corrected chi connectivity index (χ2v) is 2.23. The lowest BCUT2D eigenvalue weighted by molar-refractivity contribution is 0.229. The highest BCUT2D eigenvalue weighted by Crippen LogP contribution is 2.07. The molecule has 8 heavy (non-hydrogen) atoms. The molecule has 1 aliphatic heterocycles. The van der Waals surface area contributed by atoms with Gasteiger partial charge in [-0.2, -0.15) is 0 Å². The molecule has 0 radical (unpaired) electrons. The van der Waals surface area contributed by atoms with Gasteiger partial charge < -0.3 is 5.32 Å². The predicted molar refractivity (Wildman–Crippen MR) is 34.3 cm³/mol. The van der Waals surface area contributed by atoms with Crippen molar-refractivity contribution in [1.82, 2.24) is 10.6 Å². The highest BCUT2D eigenvalue weighted by Gasteiger charge is 2.23. The molecule has 1 heterocycles. The van der Waals surface area contributed by atoms with Crippen molar-refractivity contribution in [3.05, 3.63) is 12.8 Å². The quantitative estimate of drug-likeness (QED) is 0.536. The molecular weight excluding hydrogens is 100 g/mol. The molecule has 1 saturated heterocycles. The van der Waals surface area contributed by atoms with Gasteiger partial charge in [-0.05, 0) is 6.20 Å². The van der Waals surface area contributed by atoms with Crippen molar-refractivity contribution in [2.45, 2.75) is 13.1 Å². The van der Waals surface area contributed by atoms with Crippen molar-refractivity contribution in [1.29, 1.82) is 0 Å². The van der Waals surface area contributed by atoms with Crippen LogP contribution in [-0.4, -0.2) is 12.7 Å². The summed E-state index contributed by atoms with van der Waals surface area (Å²) in [5.74, 6) is 0.757. The smallest absolute Gasteiger partial charge is 0.0801 e. The summed E-state index contributed by atoms with van der Waals surface area (Å²) < 4.78 is 0. The molecule has 0 amide bonds. The first-order valence-electron chi connectivity index (χ1n) is 2.95. The molecule has 1 rings (SSSR count). The van der Waals surface area contributed by atoms with Gasteiger partial charge in [-0.3, -0.25) is 5.32 Å². The molecule has 0 saturated carbocycles. The summed E-state index contributed by atoms with van der Waals surface area (Å²) >= 11 is 0. The van der Waals surface area contributed by atoms with Gasteiger partial charge in [-0.15, -0.1) is 0 Å². The number of hydrogen-bond donors (Lipinski definition) is 2. The molecule has 2 nitrogen and oxygen atoms in total. The Morgan fingerprint density at radius 3 is 2.75 bits per heavy atom. The molecule has 0 aliphatic carbocycles. The summed E-state index contributed by atoms with van der Waals surface area (Å²) in [5.41, 5.74) is 0. The summed E-state index contributed by atoms with van der Waals surface area (Å²) in [6.45, 7) is 6.90. The summed E-state index contributed by atoms with van der Waals surface area (Å²) in [7, 11) is 0. The fourth-order valence-corrected chi connectivity index (χ4v) is 0.822. The number of rotatable bonds is 2. The van der Waals surface area contributed by atoms with Gasteiger partial charge in [0.25, 0.3) is 0 Å². The van der Waals surface area contributed by atoms with Crippen LogP contribution in [0.15, 0.2) is 12.8 Å². The Kier molecular flexibility index (Phi) is 1.53. The summed E-state index contributed by atoms with van der Waals surface area (Å²) in [5, 5.41) is 6.30. The Hall–Kier alpha value is -0.500. The minimum absolute atomic E-state index is 0.479. The van der Waals surface area contributed by atoms with Crippen molar-refractivity contribution in [3.63, 3.8) is 0 Å². The molecule has 0 spiro atoms. The van der Waals surface area contributed by atoms with E-state index in [1.807, 2.05) is 0 Å². The van der Waals surface area contributed by atoms with E-state index >= 15 is 0 Å². The lowest BCUT2D eigenvalue weighted by atomic mass is 10.0. The maximum atomic E-state index is 3.57. The molecule has 46 valence electrons. The Morgan fingerprint density at radius 2 is 2.62 bits per heavy atom. The third-order valence-corrected chi connectivity index (χ3v) is 1.53. The van der Waals surface area contributed by atoms with Crippen molar-refractivity contribution < 1.29 is 0 Å². The summed E-state index contributed by atoms with van der Waals surface area (Å²) in [6, 6.07) is 0. The molecular formula is C6H12N2. The van der Waals surface area contributed by atoms with Crippen LogP contribution in [0.25, 0.3) is 0 Å². The molecule has 0 aromatic carbocycles. The van der Waals surface area contributed by atoms with Crippen LogP contribution in [0.5, 0.6) is 0 Å². The maximum absolute atomic E-state index is 3.57. The highest BCUT2D eigenvalue weighted by atomic mass is 15.2. The van der Waals surface area contributed by atoms with Crippen LogP contribution in [-0.2, 0) is 0 Å². The predicted octanol–water partition coefficient (Wildman–Crippen LogP) is 0.285. The van der Waals surface area contributed by atoms with Gasteiger partial charge in [0, 0.05) is 12.5 Å². The van der Waals surface area contributed by atoms with Gasteiger partial charge in [-0.1, -0.05) is 13.5 Å². The van der Waals surface area contributed by atoms with Gasteiger partial charge in [0.2, 0.25) is 0 Å². The van der Waals surface area contributed by atoms with Crippen LogP contribution in [0, 0.1) is 5.92 Å². The van der Waals surface area contributed by atoms with Gasteiger partial charge in [-0.25, -0.2) is 0 Å². The maximum Gasteiger partial charge on any atom is 0.0801 e. The molecule has 0 aromatic rings. The first kappa shape index (κ1) is 5.63. The Morgan fingerprint density at radius 1 is 1.88 bits per heavy atom. The first-order chi connectivity index (χ1) is 3.84. The summed E-state index contributed by atoms with van der Waals surface area (Å²) in [6.07, 6.45) is 2.21. The van der Waals surface area contributed by atoms with Crippen LogP contribution >= 0.6 is 0 Å². The van der Waals surface area contributed by atoms with E-state index in [2.05, 4.69) is 24.1 Å². The van der Waals surface area contributed by atoms with Crippen LogP contribution in [0.2, 0.25) is 0 Å². The van der Waals surface area contributed by atoms with E-state index in [1.54, 1.807) is 6.20 Å². The lowest BCUT2D eigenvalue weighted by Crippen LogP contribution is -2.58. The zero-order valence-electron chi connectivity index (χ0n) is 5.15. The third-order valence-electron chi connectivity index (χ3n) is 1.53. The van der Waals surface area contributed by atoms with E-state index in [4.69, 9.17) is 0 Å². The van der Waals surface area contributed by atoms with Gasteiger partial charge in [0.1, 0.15) is 0 Å². The Labute approximate surface area is 50.0 Å². The monoisotopic (exact) mass is 112 g/mol. The molecule has 1 unspecified atom stereocenters. The van der Waals surface area contributed by atoms with Gasteiger partial charge >= 0.3 is 0 Å². The summed E-state index contributed by atoms with van der Waals surface area (Å²) in [4.78, 5) is 0. The molecule has 0 bridgehead atoms. The average Bonchev–Trinajstić information content (AvgIpc) is 1.79. The van der Waals surface area contributed by atoms with Crippen LogP contribution in [0.1, 0.15) is 6.92 Å². The highest BCUT2D eigenvalue weighted by molar-refractivity contribution is 4.85. The Bertz CT molecular complexity index is 90.5. The SMILES string of the molecule is C=CNC1NC[C@@H]1C. The van der Waals surface area contributed by atoms with Crippen LogP contribution in [0.4, 0.5) is 0 Å². The van der Waals surface area contributed by atoms with E-state index in [1.165, 1.54) is 0 Å². The van der Waals surface area contributed by atoms with E-state index in [-0.39, 0.29) is 0 Å². The lowest BCUT2D eigenvalue weighted by Gasteiger charge is -2.35. The van der Waals surface area contributed by atoms with Crippen molar-refractivity contribution >= 4 is 0 Å². The van der Waals surface area contributed by atoms with E-state index in [0.717, 1.165) is 12.5 Å². The fourth-order valence-electron chi connectivity index (χ4n) is 0.822. The third kappa shape index (κ3) is 0.842. The zero-order valence-corrected chi connectivity index (χ0v) is 5.15. The number of hydrogen-bond acceptors (Lipinski definition) is 2. The first-order valence-corrected chi connectivity index (χ1v) is 2.95. The molecule has 1 fully saturated rings. The topological polar surface area (TPSA) is 24.1 Å². The molecule has 2 N–H and O–H groups in total. The van der Waals surface area contributed by atoms with E-state index < -0.39 is 0 Å². The minimum Gasteiger partial charge on any atom is -0.376 e. The molecule has 2 heteroatoms. The molecule has 0 aromatic heterocycles. The van der Waals surface area contributed by atoms with Crippen LogP contribution in [0.3, 0.4) is 0 Å². The van der Waals surface area contributed by atoms with Crippen molar-refractivity contribution in [3.8, 4) is 0 Å². The van der Waals surface area contributed by atoms with E-state index in [0.29, 0.717) is 6.17 Å². The number of nitrogens with one attached hydrogen (secondary N) is 2. The van der Waals surface area contributed by atoms with Crippen molar-refractivity contribution in [2.75, 3.05) is 6.54 Å². The average molecular weight is 112 g/mol. The van der Waals surface area contributed by atoms with Gasteiger partial charge in [0.15, 0.2) is 0 Å². The zero-order chi connectivity index (χ0) is 5.98. The molecule has 1 aliphatic rings. The van der Waals surface area contributed by atoms with E-state index in [9.17, 15) is 0 Å². The second kappa shape index (κ2) is 2.18. The van der Waals surface area contributed by atoms with Crippen molar-refractivity contribution in [2.24, 2.45) is 5.92 Å². The second-order valence-electron chi connectivity index (χ2n) is 2.23.